The van der Waals surface area contributed by atoms with E-state index >= 15 is 0 Å². The highest BCUT2D eigenvalue weighted by atomic mass is 19.2. The fourth-order valence-corrected chi connectivity index (χ4v) is 1.73. The van der Waals surface area contributed by atoms with Gasteiger partial charge in [0.25, 0.3) is 5.91 Å². The molecule has 1 heterocycles. The average Bonchev–Trinajstić information content (AvgIpc) is 2.73. The van der Waals surface area contributed by atoms with Gasteiger partial charge >= 0.3 is 5.97 Å². The Balaban J connectivity index is 2.33. The molecule has 2 aromatic rings. The van der Waals surface area contributed by atoms with E-state index in [1.54, 1.807) is 6.92 Å². The lowest BCUT2D eigenvalue weighted by atomic mass is 10.2. The van der Waals surface area contributed by atoms with Crippen LogP contribution in [0.25, 0.3) is 0 Å². The quantitative estimate of drug-likeness (QED) is 0.808. The number of H-pyrrole nitrogens is 1. The highest BCUT2D eigenvalue weighted by molar-refractivity contribution is 6.07. The van der Waals surface area contributed by atoms with Crippen LogP contribution >= 0.6 is 0 Å². The number of aromatic nitrogens is 1. The molecule has 0 aliphatic heterocycles. The van der Waals surface area contributed by atoms with Crippen molar-refractivity contribution in [1.29, 1.82) is 0 Å². The fourth-order valence-electron chi connectivity index (χ4n) is 1.73. The van der Waals surface area contributed by atoms with Crippen molar-refractivity contribution < 1.29 is 23.5 Å². The number of halogens is 2. The van der Waals surface area contributed by atoms with E-state index in [1.165, 1.54) is 12.1 Å². The van der Waals surface area contributed by atoms with Gasteiger partial charge in [0.05, 0.1) is 11.3 Å². The van der Waals surface area contributed by atoms with Crippen molar-refractivity contribution >= 4 is 17.6 Å². The molecular weight excluding hydrogens is 270 g/mol. The first kappa shape index (κ1) is 13.7. The van der Waals surface area contributed by atoms with Gasteiger partial charge in [-0.2, -0.15) is 0 Å². The summed E-state index contributed by atoms with van der Waals surface area (Å²) in [4.78, 5) is 25.3. The first-order valence-corrected chi connectivity index (χ1v) is 5.58. The summed E-state index contributed by atoms with van der Waals surface area (Å²) in [5.74, 6) is -4.63. The molecule has 0 radical (unpaired) electrons. The summed E-state index contributed by atoms with van der Waals surface area (Å²) in [5, 5.41) is 11.2. The van der Waals surface area contributed by atoms with Crippen LogP contribution in [0.1, 0.15) is 26.5 Å². The predicted octanol–water partition coefficient (Wildman–Crippen LogP) is 2.55. The van der Waals surface area contributed by atoms with Crippen LogP contribution in [0.4, 0.5) is 14.5 Å². The minimum Gasteiger partial charge on any atom is -0.477 e. The summed E-state index contributed by atoms with van der Waals surface area (Å²) in [6.07, 6.45) is 0. The maximum atomic E-state index is 13.5. The van der Waals surface area contributed by atoms with E-state index < -0.39 is 29.1 Å². The van der Waals surface area contributed by atoms with Crippen LogP contribution in [0, 0.1) is 18.6 Å². The molecule has 0 aliphatic carbocycles. The predicted molar refractivity (Wildman–Crippen MR) is 66.8 cm³/mol. The van der Waals surface area contributed by atoms with Crippen LogP contribution in [-0.2, 0) is 0 Å². The Kier molecular flexibility index (Phi) is 3.51. The number of carboxylic acid groups (broad SMARTS) is 1. The number of benzene rings is 1. The van der Waals surface area contributed by atoms with Gasteiger partial charge in [0.15, 0.2) is 11.6 Å². The molecule has 7 heteroatoms. The summed E-state index contributed by atoms with van der Waals surface area (Å²) in [5.41, 5.74) is -0.228. The molecule has 104 valence electrons. The lowest BCUT2D eigenvalue weighted by molar-refractivity contribution is 0.0692. The molecule has 1 aromatic heterocycles. The molecule has 0 saturated heterocycles. The summed E-state index contributed by atoms with van der Waals surface area (Å²) in [6, 6.07) is 4.56. The molecule has 0 aliphatic rings. The van der Waals surface area contributed by atoms with Crippen LogP contribution in [0.3, 0.4) is 0 Å². The summed E-state index contributed by atoms with van der Waals surface area (Å²) in [6.45, 7) is 1.60. The number of rotatable bonds is 3. The van der Waals surface area contributed by atoms with Crippen LogP contribution < -0.4 is 5.32 Å². The monoisotopic (exact) mass is 280 g/mol. The van der Waals surface area contributed by atoms with Gasteiger partial charge in [0.2, 0.25) is 0 Å². The SMILES string of the molecule is Cc1cc(NC(=O)c2cccc(F)c2F)c(C(=O)O)[nH]1. The zero-order chi connectivity index (χ0) is 14.9. The standard InChI is InChI=1S/C13H10F2N2O3/c1-6-5-9(11(16-6)13(19)20)17-12(18)7-3-2-4-8(14)10(7)15/h2-5,16H,1H3,(H,17,18)(H,19,20). The first-order valence-electron chi connectivity index (χ1n) is 5.58. The van der Waals surface area contributed by atoms with Crippen LogP contribution in [0.2, 0.25) is 0 Å². The highest BCUT2D eigenvalue weighted by Gasteiger charge is 2.19. The molecule has 2 rings (SSSR count). The summed E-state index contributed by atoms with van der Waals surface area (Å²) >= 11 is 0. The Morgan fingerprint density at radius 1 is 1.30 bits per heavy atom. The van der Waals surface area contributed by atoms with Gasteiger partial charge in [-0.1, -0.05) is 6.07 Å². The van der Waals surface area contributed by atoms with E-state index in [9.17, 15) is 18.4 Å². The number of carbonyl (C=O) groups is 2. The number of nitrogens with one attached hydrogen (secondary N) is 2. The zero-order valence-electron chi connectivity index (χ0n) is 10.3. The molecule has 0 atom stereocenters. The lowest BCUT2D eigenvalue weighted by Crippen LogP contribution is -2.16. The van der Waals surface area contributed by atoms with Crippen molar-refractivity contribution in [3.63, 3.8) is 0 Å². The van der Waals surface area contributed by atoms with Gasteiger partial charge in [-0.05, 0) is 25.1 Å². The molecule has 0 saturated carbocycles. The van der Waals surface area contributed by atoms with Gasteiger partial charge in [0, 0.05) is 5.69 Å². The Morgan fingerprint density at radius 2 is 2.00 bits per heavy atom. The number of carbonyl (C=O) groups excluding carboxylic acids is 1. The third-order valence-corrected chi connectivity index (χ3v) is 2.61. The maximum Gasteiger partial charge on any atom is 0.354 e. The molecular formula is C13H10F2N2O3. The Labute approximate surface area is 112 Å². The molecule has 0 unspecified atom stereocenters. The van der Waals surface area contributed by atoms with Crippen molar-refractivity contribution in [2.24, 2.45) is 0 Å². The third-order valence-electron chi connectivity index (χ3n) is 2.61. The first-order chi connectivity index (χ1) is 9.40. The number of hydrogen-bond donors (Lipinski definition) is 3. The largest absolute Gasteiger partial charge is 0.477 e. The maximum absolute atomic E-state index is 13.5. The second kappa shape index (κ2) is 5.12. The average molecular weight is 280 g/mol. The summed E-state index contributed by atoms with van der Waals surface area (Å²) < 4.78 is 26.5. The topological polar surface area (TPSA) is 82.2 Å². The molecule has 1 aromatic carbocycles. The van der Waals surface area contributed by atoms with Gasteiger partial charge in [-0.25, -0.2) is 13.6 Å². The number of aryl methyl sites for hydroxylation is 1. The van der Waals surface area contributed by atoms with Crippen LogP contribution in [0.15, 0.2) is 24.3 Å². The van der Waals surface area contributed by atoms with Gasteiger partial charge in [0.1, 0.15) is 5.69 Å². The van der Waals surface area contributed by atoms with E-state index in [2.05, 4.69) is 10.3 Å². The van der Waals surface area contributed by atoms with Gasteiger partial charge in [-0.3, -0.25) is 4.79 Å². The molecule has 5 nitrogen and oxygen atoms in total. The van der Waals surface area contributed by atoms with Crippen molar-refractivity contribution in [2.45, 2.75) is 6.92 Å². The summed E-state index contributed by atoms with van der Waals surface area (Å²) in [7, 11) is 0. The number of carboxylic acids is 1. The molecule has 20 heavy (non-hydrogen) atoms. The van der Waals surface area contributed by atoms with Gasteiger partial charge < -0.3 is 15.4 Å². The molecule has 3 N–H and O–H groups in total. The number of hydrogen-bond acceptors (Lipinski definition) is 2. The van der Waals surface area contributed by atoms with Crippen molar-refractivity contribution in [2.75, 3.05) is 5.32 Å². The van der Waals surface area contributed by atoms with Crippen molar-refractivity contribution in [1.82, 2.24) is 4.98 Å². The van der Waals surface area contributed by atoms with Crippen LogP contribution in [0.5, 0.6) is 0 Å². The number of amides is 1. The molecule has 0 spiro atoms. The number of aromatic carboxylic acids is 1. The highest BCUT2D eigenvalue weighted by Crippen LogP contribution is 2.19. The Morgan fingerprint density at radius 3 is 2.65 bits per heavy atom. The van der Waals surface area contributed by atoms with E-state index in [0.717, 1.165) is 12.1 Å². The second-order valence-corrected chi connectivity index (χ2v) is 4.10. The van der Waals surface area contributed by atoms with E-state index in [0.29, 0.717) is 5.69 Å². The molecule has 1 amide bonds. The second-order valence-electron chi connectivity index (χ2n) is 4.10. The van der Waals surface area contributed by atoms with E-state index in [-0.39, 0.29) is 11.4 Å². The van der Waals surface area contributed by atoms with Crippen LogP contribution in [-0.4, -0.2) is 22.0 Å². The van der Waals surface area contributed by atoms with Gasteiger partial charge in [-0.15, -0.1) is 0 Å². The minimum atomic E-state index is -1.28. The minimum absolute atomic E-state index is 0.0105. The van der Waals surface area contributed by atoms with E-state index in [4.69, 9.17) is 5.11 Å². The fraction of sp³-hybridized carbons (Fsp3) is 0.0769. The third kappa shape index (κ3) is 2.51. The van der Waals surface area contributed by atoms with Crippen molar-refractivity contribution in [3.8, 4) is 0 Å². The van der Waals surface area contributed by atoms with Crippen molar-refractivity contribution in [3.05, 3.63) is 52.9 Å². The smallest absolute Gasteiger partial charge is 0.354 e. The normalized spacial score (nSPS) is 10.3. The lowest BCUT2D eigenvalue weighted by Gasteiger charge is -2.05. The number of anilines is 1. The molecule has 0 fully saturated rings. The Hall–Kier alpha value is -2.70. The number of aromatic amines is 1. The molecule has 0 bridgehead atoms. The zero-order valence-corrected chi connectivity index (χ0v) is 10.3. The van der Waals surface area contributed by atoms with E-state index in [1.807, 2.05) is 0 Å². The Bertz CT molecular complexity index is 695.